The first-order chi connectivity index (χ1) is 14.9. The second-order valence-corrected chi connectivity index (χ2v) is 9.47. The van der Waals surface area contributed by atoms with Crippen LogP contribution in [0, 0.1) is 6.92 Å². The molecular formula is C23H24N4O3S. The van der Waals surface area contributed by atoms with Crippen molar-refractivity contribution in [2.45, 2.75) is 31.1 Å². The number of nitrogens with zero attached hydrogens (tertiary/aromatic N) is 3. The van der Waals surface area contributed by atoms with Crippen molar-refractivity contribution in [3.63, 3.8) is 0 Å². The molecule has 2 heterocycles. The number of piperidine rings is 1. The number of sulfonamides is 1. The van der Waals surface area contributed by atoms with Crippen LogP contribution in [0.25, 0.3) is 11.4 Å². The van der Waals surface area contributed by atoms with E-state index in [0.717, 1.165) is 24.8 Å². The maximum Gasteiger partial charge on any atom is 0.255 e. The zero-order valence-electron chi connectivity index (χ0n) is 17.3. The molecule has 1 aliphatic heterocycles. The minimum Gasteiger partial charge on any atom is -0.319 e. The number of aryl methyl sites for hydroxylation is 1. The number of amides is 1. The Morgan fingerprint density at radius 2 is 1.65 bits per heavy atom. The maximum absolute atomic E-state index is 13.1. The molecule has 31 heavy (non-hydrogen) atoms. The van der Waals surface area contributed by atoms with Gasteiger partial charge in [0.15, 0.2) is 5.82 Å². The Balaban J connectivity index is 1.53. The molecule has 0 spiro atoms. The van der Waals surface area contributed by atoms with Gasteiger partial charge in [-0.05, 0) is 37.5 Å². The molecule has 0 unspecified atom stereocenters. The summed E-state index contributed by atoms with van der Waals surface area (Å²) in [6, 6.07) is 14.3. The summed E-state index contributed by atoms with van der Waals surface area (Å²) in [5.41, 5.74) is 2.21. The second-order valence-electron chi connectivity index (χ2n) is 7.56. The maximum atomic E-state index is 13.1. The Morgan fingerprint density at radius 1 is 0.968 bits per heavy atom. The Labute approximate surface area is 182 Å². The van der Waals surface area contributed by atoms with Crippen molar-refractivity contribution in [3.8, 4) is 11.4 Å². The molecule has 1 aromatic heterocycles. The minimum absolute atomic E-state index is 0.178. The van der Waals surface area contributed by atoms with Gasteiger partial charge in [-0.2, -0.15) is 4.31 Å². The van der Waals surface area contributed by atoms with Gasteiger partial charge in [-0.25, -0.2) is 18.4 Å². The van der Waals surface area contributed by atoms with Gasteiger partial charge in [0.05, 0.1) is 23.0 Å². The first kappa shape index (κ1) is 21.1. The molecule has 1 amide bonds. The first-order valence-electron chi connectivity index (χ1n) is 10.2. The molecule has 8 heteroatoms. The van der Waals surface area contributed by atoms with Gasteiger partial charge in [0.1, 0.15) is 0 Å². The Bertz CT molecular complexity index is 1170. The van der Waals surface area contributed by atoms with Crippen molar-refractivity contribution in [2.24, 2.45) is 0 Å². The zero-order chi connectivity index (χ0) is 21.8. The van der Waals surface area contributed by atoms with Crippen LogP contribution in [0.3, 0.4) is 0 Å². The fourth-order valence-electron chi connectivity index (χ4n) is 3.60. The summed E-state index contributed by atoms with van der Waals surface area (Å²) in [7, 11) is -3.63. The lowest BCUT2D eigenvalue weighted by Crippen LogP contribution is -2.36. The molecule has 160 valence electrons. The van der Waals surface area contributed by atoms with Crippen molar-refractivity contribution in [2.75, 3.05) is 18.4 Å². The summed E-state index contributed by atoms with van der Waals surface area (Å²) in [5, 5.41) is 2.74. The van der Waals surface area contributed by atoms with Crippen LogP contribution in [0.5, 0.6) is 0 Å². The van der Waals surface area contributed by atoms with E-state index in [9.17, 15) is 13.2 Å². The van der Waals surface area contributed by atoms with E-state index >= 15 is 0 Å². The lowest BCUT2D eigenvalue weighted by molar-refractivity contribution is 0.102. The molecule has 0 atom stereocenters. The van der Waals surface area contributed by atoms with Gasteiger partial charge in [0, 0.05) is 24.2 Å². The highest BCUT2D eigenvalue weighted by Crippen LogP contribution is 2.25. The number of benzene rings is 2. The van der Waals surface area contributed by atoms with Crippen molar-refractivity contribution in [1.29, 1.82) is 0 Å². The minimum atomic E-state index is -3.63. The monoisotopic (exact) mass is 436 g/mol. The van der Waals surface area contributed by atoms with E-state index in [1.54, 1.807) is 19.1 Å². The van der Waals surface area contributed by atoms with Crippen LogP contribution in [0.1, 0.15) is 35.2 Å². The van der Waals surface area contributed by atoms with E-state index in [1.165, 1.54) is 22.8 Å². The fourth-order valence-corrected chi connectivity index (χ4v) is 5.36. The number of anilines is 1. The third-order valence-electron chi connectivity index (χ3n) is 5.32. The van der Waals surface area contributed by atoms with Gasteiger partial charge < -0.3 is 5.32 Å². The fraction of sp³-hybridized carbons (Fsp3) is 0.261. The summed E-state index contributed by atoms with van der Waals surface area (Å²) >= 11 is 0. The molecule has 0 aliphatic carbocycles. The molecule has 0 radical (unpaired) electrons. The van der Waals surface area contributed by atoms with E-state index in [2.05, 4.69) is 15.3 Å². The number of carbonyl (C=O) groups excluding carboxylic acids is 1. The van der Waals surface area contributed by atoms with Crippen LogP contribution in [-0.2, 0) is 10.0 Å². The summed E-state index contributed by atoms with van der Waals surface area (Å²) < 4.78 is 27.7. The van der Waals surface area contributed by atoms with E-state index < -0.39 is 15.9 Å². The van der Waals surface area contributed by atoms with E-state index in [1.807, 2.05) is 30.3 Å². The third-order valence-corrected chi connectivity index (χ3v) is 7.37. The van der Waals surface area contributed by atoms with Crippen LogP contribution in [0.15, 0.2) is 65.8 Å². The molecule has 4 rings (SSSR count). The zero-order valence-corrected chi connectivity index (χ0v) is 18.1. The first-order valence-corrected chi connectivity index (χ1v) is 11.7. The molecule has 1 saturated heterocycles. The summed E-state index contributed by atoms with van der Waals surface area (Å²) in [6.07, 6.45) is 5.83. The standard InChI is InChI=1S/C23H24N4O3S/c1-17-10-11-19(14-21(17)31(29,30)27-12-6-3-7-13-27)23(28)26-20-15-24-22(25-16-20)18-8-4-2-5-9-18/h2,4-5,8-11,14-16H,3,6-7,12-13H2,1H3,(H,26,28). The number of nitrogens with one attached hydrogen (secondary N) is 1. The van der Waals surface area contributed by atoms with Crippen molar-refractivity contribution in [1.82, 2.24) is 14.3 Å². The molecule has 7 nitrogen and oxygen atoms in total. The molecular weight excluding hydrogens is 412 g/mol. The highest BCUT2D eigenvalue weighted by atomic mass is 32.2. The van der Waals surface area contributed by atoms with Crippen molar-refractivity contribution >= 4 is 21.6 Å². The van der Waals surface area contributed by atoms with Gasteiger partial charge in [0.2, 0.25) is 10.0 Å². The smallest absolute Gasteiger partial charge is 0.255 e. The van der Waals surface area contributed by atoms with Gasteiger partial charge in [0.25, 0.3) is 5.91 Å². The lowest BCUT2D eigenvalue weighted by Gasteiger charge is -2.26. The largest absolute Gasteiger partial charge is 0.319 e. The van der Waals surface area contributed by atoms with Crippen LogP contribution in [0.2, 0.25) is 0 Å². The van der Waals surface area contributed by atoms with Crippen molar-refractivity contribution < 1.29 is 13.2 Å². The quantitative estimate of drug-likeness (QED) is 0.655. The van der Waals surface area contributed by atoms with E-state index in [-0.39, 0.29) is 10.5 Å². The van der Waals surface area contributed by atoms with Gasteiger partial charge >= 0.3 is 0 Å². The summed E-state index contributed by atoms with van der Waals surface area (Å²) in [4.78, 5) is 21.5. The van der Waals surface area contributed by atoms with Crippen LogP contribution in [-0.4, -0.2) is 41.7 Å². The highest BCUT2D eigenvalue weighted by Gasteiger charge is 2.28. The van der Waals surface area contributed by atoms with Crippen LogP contribution < -0.4 is 5.32 Å². The van der Waals surface area contributed by atoms with Crippen LogP contribution in [0.4, 0.5) is 5.69 Å². The lowest BCUT2D eigenvalue weighted by atomic mass is 10.1. The number of hydrogen-bond acceptors (Lipinski definition) is 5. The number of hydrogen-bond donors (Lipinski definition) is 1. The molecule has 2 aromatic carbocycles. The highest BCUT2D eigenvalue weighted by molar-refractivity contribution is 7.89. The van der Waals surface area contributed by atoms with Crippen LogP contribution >= 0.6 is 0 Å². The molecule has 1 fully saturated rings. The van der Waals surface area contributed by atoms with Gasteiger partial charge in [-0.15, -0.1) is 0 Å². The number of aromatic nitrogens is 2. The third kappa shape index (κ3) is 4.65. The molecule has 1 N–H and O–H groups in total. The van der Waals surface area contributed by atoms with Crippen molar-refractivity contribution in [3.05, 3.63) is 72.1 Å². The predicted octanol–water partition coefficient (Wildman–Crippen LogP) is 3.88. The summed E-state index contributed by atoms with van der Waals surface area (Å²) in [6.45, 7) is 2.78. The Kier molecular flexibility index (Phi) is 6.11. The molecule has 1 aliphatic rings. The Morgan fingerprint density at radius 3 is 2.32 bits per heavy atom. The van der Waals surface area contributed by atoms with Gasteiger partial charge in [-0.3, -0.25) is 4.79 Å². The topological polar surface area (TPSA) is 92.3 Å². The van der Waals surface area contributed by atoms with Gasteiger partial charge in [-0.1, -0.05) is 42.8 Å². The summed E-state index contributed by atoms with van der Waals surface area (Å²) in [5.74, 6) is 0.148. The Hall–Kier alpha value is -3.10. The predicted molar refractivity (Wildman–Crippen MR) is 119 cm³/mol. The average Bonchev–Trinajstić information content (AvgIpc) is 2.81. The molecule has 3 aromatic rings. The number of carbonyl (C=O) groups is 1. The molecule has 0 saturated carbocycles. The SMILES string of the molecule is Cc1ccc(C(=O)Nc2cnc(-c3ccccc3)nc2)cc1S(=O)(=O)N1CCCCC1. The number of rotatable bonds is 5. The van der Waals surface area contributed by atoms with E-state index in [0.29, 0.717) is 30.2 Å². The second kappa shape index (κ2) is 8.95. The molecule has 0 bridgehead atoms. The average molecular weight is 437 g/mol. The normalized spacial score (nSPS) is 14.9. The van der Waals surface area contributed by atoms with E-state index in [4.69, 9.17) is 0 Å².